The van der Waals surface area contributed by atoms with Crippen molar-refractivity contribution in [3.63, 3.8) is 0 Å². The van der Waals surface area contributed by atoms with Gasteiger partial charge in [0.15, 0.2) is 5.17 Å². The molecule has 0 radical (unpaired) electrons. The van der Waals surface area contributed by atoms with E-state index in [9.17, 15) is 9.59 Å². The topological polar surface area (TPSA) is 100 Å². The van der Waals surface area contributed by atoms with Crippen LogP contribution in [0, 0.1) is 0 Å². The summed E-state index contributed by atoms with van der Waals surface area (Å²) in [7, 11) is 0. The second-order valence-electron chi connectivity index (χ2n) is 5.44. The van der Waals surface area contributed by atoms with Crippen molar-refractivity contribution < 1.29 is 9.59 Å². The molecule has 1 spiro atoms. The summed E-state index contributed by atoms with van der Waals surface area (Å²) in [6, 6.07) is 18.1. The Hall–Kier alpha value is -3.13. The number of nitrogens with one attached hydrogen (secondary N) is 1. The molecular formula is C17H13N5O2S. The van der Waals surface area contributed by atoms with Gasteiger partial charge in [0.1, 0.15) is 5.71 Å². The van der Waals surface area contributed by atoms with Crippen molar-refractivity contribution in [2.24, 2.45) is 15.9 Å². The van der Waals surface area contributed by atoms with Gasteiger partial charge in [0.25, 0.3) is 11.8 Å². The maximum Gasteiger partial charge on any atom is 0.280 e. The summed E-state index contributed by atoms with van der Waals surface area (Å²) in [5.41, 5.74) is 9.74. The number of amides is 2. The van der Waals surface area contributed by atoms with E-state index in [-0.39, 0.29) is 5.17 Å². The van der Waals surface area contributed by atoms with Crippen LogP contribution in [0.2, 0.25) is 0 Å². The van der Waals surface area contributed by atoms with Crippen molar-refractivity contribution in [3.8, 4) is 0 Å². The maximum atomic E-state index is 13.2. The zero-order chi connectivity index (χ0) is 17.4. The molecule has 3 N–H and O–H groups in total. The van der Waals surface area contributed by atoms with Crippen molar-refractivity contribution in [2.75, 3.05) is 5.01 Å². The summed E-state index contributed by atoms with van der Waals surface area (Å²) in [6.07, 6.45) is 0. The highest BCUT2D eigenvalue weighted by Gasteiger charge is 2.60. The van der Waals surface area contributed by atoms with Gasteiger partial charge in [-0.3, -0.25) is 9.59 Å². The van der Waals surface area contributed by atoms with Gasteiger partial charge in [-0.05, 0) is 12.1 Å². The number of nitrogens with zero attached hydrogens (tertiary/aromatic N) is 3. The van der Waals surface area contributed by atoms with Crippen LogP contribution in [0.25, 0.3) is 0 Å². The van der Waals surface area contributed by atoms with Crippen molar-refractivity contribution in [2.45, 2.75) is 4.75 Å². The first-order valence-corrected chi connectivity index (χ1v) is 8.31. The van der Waals surface area contributed by atoms with E-state index in [1.54, 1.807) is 36.4 Å². The summed E-state index contributed by atoms with van der Waals surface area (Å²) in [4.78, 5) is 26.0. The average Bonchev–Trinajstić information content (AvgIpc) is 2.93. The Morgan fingerprint density at radius 3 is 2.32 bits per heavy atom. The Morgan fingerprint density at radius 2 is 1.64 bits per heavy atom. The minimum Gasteiger partial charge on any atom is -0.377 e. The van der Waals surface area contributed by atoms with Gasteiger partial charge in [-0.2, -0.15) is 10.1 Å². The standard InChI is InChI=1S/C17H13N5O2S/c18-16-20-19-14(23)17(25-16)13(11-7-3-1-4-8-11)21-22(15(17)24)12-9-5-2-6-10-12/h1-10H,(H2,18,20)(H,19,23). The average molecular weight is 351 g/mol. The molecule has 0 aliphatic carbocycles. The maximum absolute atomic E-state index is 13.2. The molecule has 0 saturated heterocycles. The first kappa shape index (κ1) is 15.4. The number of carbonyl (C=O) groups is 2. The van der Waals surface area contributed by atoms with Crippen molar-refractivity contribution >= 4 is 40.1 Å². The molecule has 4 rings (SSSR count). The number of nitrogens with two attached hydrogens (primary N) is 1. The van der Waals surface area contributed by atoms with E-state index in [1.165, 1.54) is 5.01 Å². The number of amidine groups is 1. The summed E-state index contributed by atoms with van der Waals surface area (Å²) < 4.78 is -1.59. The third kappa shape index (κ3) is 2.30. The lowest BCUT2D eigenvalue weighted by atomic mass is 9.95. The van der Waals surface area contributed by atoms with E-state index in [1.807, 2.05) is 24.3 Å². The van der Waals surface area contributed by atoms with Gasteiger partial charge in [-0.25, -0.2) is 5.43 Å². The molecule has 2 heterocycles. The largest absolute Gasteiger partial charge is 0.377 e. The lowest BCUT2D eigenvalue weighted by Crippen LogP contribution is -2.58. The molecule has 2 aliphatic rings. The molecule has 0 fully saturated rings. The van der Waals surface area contributed by atoms with Crippen LogP contribution in [0.1, 0.15) is 5.56 Å². The fraction of sp³-hybridized carbons (Fsp3) is 0.0588. The van der Waals surface area contributed by atoms with Crippen molar-refractivity contribution in [1.82, 2.24) is 5.43 Å². The smallest absolute Gasteiger partial charge is 0.280 e. The number of para-hydroxylation sites is 1. The minimum absolute atomic E-state index is 0.103. The van der Waals surface area contributed by atoms with Gasteiger partial charge in [-0.15, -0.1) is 5.10 Å². The zero-order valence-electron chi connectivity index (χ0n) is 12.9. The lowest BCUT2D eigenvalue weighted by molar-refractivity contribution is -0.128. The predicted octanol–water partition coefficient (Wildman–Crippen LogP) is 1.27. The molecule has 2 aromatic carbocycles. The lowest BCUT2D eigenvalue weighted by Gasteiger charge is -2.28. The van der Waals surface area contributed by atoms with E-state index in [0.717, 1.165) is 11.8 Å². The number of hydrazone groups is 2. The van der Waals surface area contributed by atoms with Gasteiger partial charge in [0.2, 0.25) is 4.75 Å². The Labute approximate surface area is 147 Å². The molecule has 0 saturated carbocycles. The molecule has 2 aromatic rings. The van der Waals surface area contributed by atoms with Gasteiger partial charge < -0.3 is 5.73 Å². The number of anilines is 1. The SMILES string of the molecule is NC1=NNC(=O)C2(S1)C(=O)N(c1ccccc1)N=C2c1ccccc1. The highest BCUT2D eigenvalue weighted by atomic mass is 32.2. The highest BCUT2D eigenvalue weighted by molar-refractivity contribution is 8.17. The fourth-order valence-corrected chi connectivity index (χ4v) is 3.75. The third-order valence-corrected chi connectivity index (χ3v) is 5.08. The monoisotopic (exact) mass is 351 g/mol. The molecule has 7 nitrogen and oxygen atoms in total. The molecule has 1 atom stereocenters. The van der Waals surface area contributed by atoms with Gasteiger partial charge >= 0.3 is 0 Å². The van der Waals surface area contributed by atoms with Crippen LogP contribution in [0.15, 0.2) is 70.9 Å². The molecule has 0 bridgehead atoms. The Kier molecular flexibility index (Phi) is 3.54. The Bertz CT molecular complexity index is 913. The third-order valence-electron chi connectivity index (χ3n) is 3.92. The normalized spacial score (nSPS) is 22.6. The Balaban J connectivity index is 1.91. The number of benzene rings is 2. The number of hydrogen-bond acceptors (Lipinski definition) is 6. The van der Waals surface area contributed by atoms with Gasteiger partial charge in [-0.1, -0.05) is 60.3 Å². The van der Waals surface area contributed by atoms with E-state index >= 15 is 0 Å². The number of rotatable bonds is 2. The zero-order valence-corrected chi connectivity index (χ0v) is 13.7. The van der Waals surface area contributed by atoms with Crippen LogP contribution in [0.3, 0.4) is 0 Å². The number of carbonyl (C=O) groups excluding carboxylic acids is 2. The van der Waals surface area contributed by atoms with Gasteiger partial charge in [0.05, 0.1) is 5.69 Å². The van der Waals surface area contributed by atoms with Crippen molar-refractivity contribution in [1.29, 1.82) is 0 Å². The van der Waals surface area contributed by atoms with Crippen LogP contribution >= 0.6 is 11.8 Å². The second kappa shape index (κ2) is 5.75. The van der Waals surface area contributed by atoms with Crippen molar-refractivity contribution in [3.05, 3.63) is 66.2 Å². The molecule has 25 heavy (non-hydrogen) atoms. The van der Waals surface area contributed by atoms with E-state index in [4.69, 9.17) is 5.73 Å². The first-order valence-electron chi connectivity index (χ1n) is 7.49. The van der Waals surface area contributed by atoms with E-state index in [2.05, 4.69) is 15.6 Å². The molecule has 0 aromatic heterocycles. The van der Waals surface area contributed by atoms with E-state index < -0.39 is 16.6 Å². The van der Waals surface area contributed by atoms with E-state index in [0.29, 0.717) is 17.0 Å². The fourth-order valence-electron chi connectivity index (χ4n) is 2.77. The van der Waals surface area contributed by atoms with Gasteiger partial charge in [0, 0.05) is 5.56 Å². The minimum atomic E-state index is -1.59. The van der Waals surface area contributed by atoms with Crippen LogP contribution < -0.4 is 16.2 Å². The molecule has 2 amide bonds. The highest BCUT2D eigenvalue weighted by Crippen LogP contribution is 2.40. The quantitative estimate of drug-likeness (QED) is 0.796. The number of hydrogen-bond donors (Lipinski definition) is 2. The molecule has 1 unspecified atom stereocenters. The molecular weight excluding hydrogens is 338 g/mol. The molecule has 8 heteroatoms. The Morgan fingerprint density at radius 1 is 1.00 bits per heavy atom. The second-order valence-corrected chi connectivity index (χ2v) is 6.68. The predicted molar refractivity (Wildman–Crippen MR) is 97.0 cm³/mol. The summed E-state index contributed by atoms with van der Waals surface area (Å²) >= 11 is 0.908. The van der Waals surface area contributed by atoms with Crippen LogP contribution in [0.5, 0.6) is 0 Å². The molecule has 2 aliphatic heterocycles. The molecule has 124 valence electrons. The first-order chi connectivity index (χ1) is 12.1. The number of thioether (sulfide) groups is 1. The summed E-state index contributed by atoms with van der Waals surface area (Å²) in [5, 5.41) is 9.55. The summed E-state index contributed by atoms with van der Waals surface area (Å²) in [6.45, 7) is 0. The van der Waals surface area contributed by atoms with Crippen LogP contribution in [0.4, 0.5) is 5.69 Å². The van der Waals surface area contributed by atoms with Crippen LogP contribution in [-0.4, -0.2) is 27.4 Å². The summed E-state index contributed by atoms with van der Waals surface area (Å²) in [5.74, 6) is -1.03. The van der Waals surface area contributed by atoms with Crippen LogP contribution in [-0.2, 0) is 9.59 Å².